The maximum absolute atomic E-state index is 12.5. The number of fused-ring (bicyclic) bond motifs is 1. The number of Topliss-reactive ketones (excluding diaryl/α,β-unsaturated/α-hetero) is 1. The highest BCUT2D eigenvalue weighted by Gasteiger charge is 2.30. The number of rotatable bonds is 3. The highest BCUT2D eigenvalue weighted by Crippen LogP contribution is 2.38. The van der Waals surface area contributed by atoms with Crippen molar-refractivity contribution in [1.29, 1.82) is 0 Å². The van der Waals surface area contributed by atoms with Crippen molar-refractivity contribution in [3.63, 3.8) is 0 Å². The van der Waals surface area contributed by atoms with Crippen molar-refractivity contribution in [2.75, 3.05) is 14.2 Å². The van der Waals surface area contributed by atoms with E-state index in [4.69, 9.17) is 14.2 Å². The monoisotopic (exact) mass is 312 g/mol. The molecule has 5 heteroatoms. The summed E-state index contributed by atoms with van der Waals surface area (Å²) < 4.78 is 16.1. The summed E-state index contributed by atoms with van der Waals surface area (Å²) in [5.74, 6) is 1.64. The Hall–Kier alpha value is -2.95. The largest absolute Gasteiger partial charge is 0.508 e. The van der Waals surface area contributed by atoms with Crippen LogP contribution >= 0.6 is 0 Å². The second kappa shape index (κ2) is 5.68. The predicted octanol–water partition coefficient (Wildman–Crippen LogP) is 3.33. The summed E-state index contributed by atoms with van der Waals surface area (Å²) in [5, 5.41) is 9.64. The maximum atomic E-state index is 12.5. The van der Waals surface area contributed by atoms with E-state index < -0.39 is 0 Å². The average Bonchev–Trinajstić information content (AvgIpc) is 2.83. The molecule has 0 bridgehead atoms. The van der Waals surface area contributed by atoms with Crippen LogP contribution in [0.1, 0.15) is 21.5 Å². The number of aryl methyl sites for hydroxylation is 1. The molecule has 23 heavy (non-hydrogen) atoms. The van der Waals surface area contributed by atoms with Gasteiger partial charge in [-0.05, 0) is 42.8 Å². The van der Waals surface area contributed by atoms with Crippen LogP contribution in [-0.2, 0) is 0 Å². The molecule has 0 unspecified atom stereocenters. The molecular formula is C18H16O5. The van der Waals surface area contributed by atoms with Crippen molar-refractivity contribution in [2.45, 2.75) is 6.92 Å². The Bertz CT molecular complexity index is 820. The zero-order valence-corrected chi connectivity index (χ0v) is 13.0. The molecule has 5 nitrogen and oxygen atoms in total. The second-order valence-corrected chi connectivity index (χ2v) is 5.18. The molecule has 2 aromatic rings. The molecule has 0 spiro atoms. The van der Waals surface area contributed by atoms with Gasteiger partial charge in [0.25, 0.3) is 0 Å². The van der Waals surface area contributed by atoms with Crippen LogP contribution in [0.15, 0.2) is 36.1 Å². The lowest BCUT2D eigenvalue weighted by atomic mass is 10.0. The zero-order valence-electron chi connectivity index (χ0n) is 13.0. The molecule has 1 heterocycles. The molecule has 0 aromatic heterocycles. The van der Waals surface area contributed by atoms with Crippen LogP contribution in [0.25, 0.3) is 6.08 Å². The molecule has 0 saturated carbocycles. The molecule has 0 atom stereocenters. The lowest BCUT2D eigenvalue weighted by molar-refractivity contribution is 0.101. The first-order chi connectivity index (χ1) is 11.0. The van der Waals surface area contributed by atoms with E-state index in [0.717, 1.165) is 0 Å². The number of carbonyl (C=O) groups excluding carboxylic acids is 1. The van der Waals surface area contributed by atoms with Crippen LogP contribution in [0.5, 0.6) is 23.0 Å². The molecule has 0 radical (unpaired) electrons. The fourth-order valence-electron chi connectivity index (χ4n) is 2.58. The highest BCUT2D eigenvalue weighted by molar-refractivity contribution is 6.15. The smallest absolute Gasteiger partial charge is 0.232 e. The Balaban J connectivity index is 2.06. The van der Waals surface area contributed by atoms with Gasteiger partial charge in [0.15, 0.2) is 5.76 Å². The Labute approximate surface area is 133 Å². The van der Waals surface area contributed by atoms with Crippen molar-refractivity contribution >= 4 is 11.9 Å². The highest BCUT2D eigenvalue weighted by atomic mass is 16.5. The molecule has 1 N–H and O–H groups in total. The molecule has 1 aliphatic heterocycles. The van der Waals surface area contributed by atoms with E-state index in [1.165, 1.54) is 12.1 Å². The number of ether oxygens (including phenoxy) is 3. The fraction of sp³-hybridized carbons (Fsp3) is 0.167. The van der Waals surface area contributed by atoms with Crippen LogP contribution in [0, 0.1) is 6.92 Å². The van der Waals surface area contributed by atoms with Gasteiger partial charge in [-0.25, -0.2) is 0 Å². The van der Waals surface area contributed by atoms with E-state index in [1.54, 1.807) is 45.4 Å². The van der Waals surface area contributed by atoms with E-state index in [9.17, 15) is 9.90 Å². The van der Waals surface area contributed by atoms with Crippen LogP contribution < -0.4 is 14.2 Å². The minimum atomic E-state index is -0.220. The summed E-state index contributed by atoms with van der Waals surface area (Å²) in [5.41, 5.74) is 1.81. The first-order valence-electron chi connectivity index (χ1n) is 7.03. The summed E-state index contributed by atoms with van der Waals surface area (Å²) in [4.78, 5) is 12.5. The predicted molar refractivity (Wildman–Crippen MR) is 85.3 cm³/mol. The van der Waals surface area contributed by atoms with Gasteiger partial charge in [-0.3, -0.25) is 4.79 Å². The van der Waals surface area contributed by atoms with Gasteiger partial charge in [-0.15, -0.1) is 0 Å². The minimum absolute atomic E-state index is 0.0641. The number of benzene rings is 2. The van der Waals surface area contributed by atoms with Crippen molar-refractivity contribution in [2.24, 2.45) is 0 Å². The first-order valence-corrected chi connectivity index (χ1v) is 7.03. The number of ketones is 1. The van der Waals surface area contributed by atoms with E-state index in [1.807, 2.05) is 0 Å². The Morgan fingerprint density at radius 3 is 2.61 bits per heavy atom. The van der Waals surface area contributed by atoms with Gasteiger partial charge in [0, 0.05) is 11.6 Å². The maximum Gasteiger partial charge on any atom is 0.232 e. The van der Waals surface area contributed by atoms with Crippen LogP contribution in [0.3, 0.4) is 0 Å². The fourth-order valence-corrected chi connectivity index (χ4v) is 2.58. The summed E-state index contributed by atoms with van der Waals surface area (Å²) >= 11 is 0. The average molecular weight is 312 g/mol. The molecule has 118 valence electrons. The lowest BCUT2D eigenvalue weighted by Crippen LogP contribution is -2.00. The second-order valence-electron chi connectivity index (χ2n) is 5.18. The lowest BCUT2D eigenvalue weighted by Gasteiger charge is -2.07. The molecule has 1 aliphatic rings. The topological polar surface area (TPSA) is 65.0 Å². The number of phenolic OH excluding ortho intramolecular Hbond substituents is 1. The third kappa shape index (κ3) is 2.61. The third-order valence-corrected chi connectivity index (χ3v) is 3.68. The van der Waals surface area contributed by atoms with Crippen LogP contribution in [-0.4, -0.2) is 25.1 Å². The van der Waals surface area contributed by atoms with E-state index in [-0.39, 0.29) is 17.3 Å². The quantitative estimate of drug-likeness (QED) is 0.881. The van der Waals surface area contributed by atoms with Crippen LogP contribution in [0.4, 0.5) is 0 Å². The zero-order chi connectivity index (χ0) is 16.6. The van der Waals surface area contributed by atoms with Gasteiger partial charge >= 0.3 is 0 Å². The van der Waals surface area contributed by atoms with Gasteiger partial charge in [-0.1, -0.05) is 0 Å². The minimum Gasteiger partial charge on any atom is -0.508 e. The van der Waals surface area contributed by atoms with Crippen molar-refractivity contribution in [3.8, 4) is 23.0 Å². The van der Waals surface area contributed by atoms with Gasteiger partial charge < -0.3 is 19.3 Å². The van der Waals surface area contributed by atoms with Crippen molar-refractivity contribution < 1.29 is 24.1 Å². The van der Waals surface area contributed by atoms with E-state index >= 15 is 0 Å². The Kier molecular flexibility index (Phi) is 3.70. The summed E-state index contributed by atoms with van der Waals surface area (Å²) in [6.45, 7) is 1.76. The van der Waals surface area contributed by atoms with Crippen LogP contribution in [0.2, 0.25) is 0 Å². The summed E-state index contributed by atoms with van der Waals surface area (Å²) in [7, 11) is 3.12. The number of allylic oxidation sites excluding steroid dienone is 1. The molecule has 0 aliphatic carbocycles. The molecule has 0 amide bonds. The molecular weight excluding hydrogens is 296 g/mol. The molecule has 3 rings (SSSR count). The number of hydrogen-bond acceptors (Lipinski definition) is 5. The van der Waals surface area contributed by atoms with Crippen molar-refractivity contribution in [1.82, 2.24) is 0 Å². The van der Waals surface area contributed by atoms with E-state index in [0.29, 0.717) is 33.9 Å². The number of aromatic hydroxyl groups is 1. The van der Waals surface area contributed by atoms with Gasteiger partial charge in [0.1, 0.15) is 23.0 Å². The number of carbonyl (C=O) groups is 1. The molecule has 2 aromatic carbocycles. The number of methoxy groups -OCH3 is 2. The van der Waals surface area contributed by atoms with Crippen molar-refractivity contribution in [3.05, 3.63) is 52.8 Å². The van der Waals surface area contributed by atoms with Gasteiger partial charge in [0.05, 0.1) is 19.8 Å². The number of hydrogen-bond donors (Lipinski definition) is 1. The normalized spacial score (nSPS) is 14.6. The summed E-state index contributed by atoms with van der Waals surface area (Å²) in [6, 6.07) is 8.26. The van der Waals surface area contributed by atoms with E-state index in [2.05, 4.69) is 0 Å². The SMILES string of the molecule is COc1ccc(OC)c(/C=C2\Oc3cc(O)cc(C)c3C2=O)c1. The molecule has 0 fully saturated rings. The number of phenols is 1. The molecule has 0 saturated heterocycles. The summed E-state index contributed by atoms with van der Waals surface area (Å²) in [6.07, 6.45) is 1.61. The third-order valence-electron chi connectivity index (χ3n) is 3.68. The van der Waals surface area contributed by atoms with Gasteiger partial charge in [-0.2, -0.15) is 0 Å². The Morgan fingerprint density at radius 1 is 1.13 bits per heavy atom. The Morgan fingerprint density at radius 2 is 1.91 bits per heavy atom. The van der Waals surface area contributed by atoms with Gasteiger partial charge in [0.2, 0.25) is 5.78 Å². The first kappa shape index (κ1) is 15.0. The standard InChI is InChI=1S/C18H16O5/c1-10-6-12(19)9-15-17(10)18(20)16(23-15)8-11-7-13(21-2)4-5-14(11)22-3/h4-9,19H,1-3H3/b16-8-.